The first-order valence-electron chi connectivity index (χ1n) is 5.89. The van der Waals surface area contributed by atoms with Gasteiger partial charge in [0.25, 0.3) is 0 Å². The average Bonchev–Trinajstić information content (AvgIpc) is 2.86. The Kier molecular flexibility index (Phi) is 2.61. The number of nitrogens with zero attached hydrogens (tertiary/aromatic N) is 2. The van der Waals surface area contributed by atoms with Crippen molar-refractivity contribution < 1.29 is 14.5 Å². The van der Waals surface area contributed by atoms with Gasteiger partial charge in [-0.3, -0.25) is 4.79 Å². The smallest absolute Gasteiger partial charge is 0.194 e. The molecule has 94 valence electrons. The molecule has 0 saturated carbocycles. The largest absolute Gasteiger partial charge is 0.382 e. The molecule has 6 nitrogen and oxygen atoms in total. The normalized spacial score (nSPS) is 18.9. The van der Waals surface area contributed by atoms with Crippen molar-refractivity contribution in [1.29, 1.82) is 0 Å². The van der Waals surface area contributed by atoms with Crippen LogP contribution in [-0.4, -0.2) is 39.9 Å². The molecule has 0 spiro atoms. The van der Waals surface area contributed by atoms with Crippen LogP contribution in [0.1, 0.15) is 23.2 Å². The summed E-state index contributed by atoms with van der Waals surface area (Å²) in [5, 5.41) is 20.9. The average molecular weight is 247 g/mol. The van der Waals surface area contributed by atoms with Gasteiger partial charge < -0.3 is 10.4 Å². The molecule has 0 aliphatic carbocycles. The molecule has 3 rings (SSSR count). The molecule has 6 heteroatoms. The summed E-state index contributed by atoms with van der Waals surface area (Å²) < 4.78 is 4.59. The van der Waals surface area contributed by atoms with E-state index in [9.17, 15) is 9.90 Å². The quantitative estimate of drug-likeness (QED) is 0.752. The van der Waals surface area contributed by atoms with E-state index >= 15 is 0 Å². The van der Waals surface area contributed by atoms with Crippen LogP contribution < -0.4 is 5.32 Å². The first-order valence-corrected chi connectivity index (χ1v) is 5.89. The Bertz CT molecular complexity index is 587. The Balaban J connectivity index is 1.95. The molecule has 18 heavy (non-hydrogen) atoms. The van der Waals surface area contributed by atoms with Crippen molar-refractivity contribution in [3.63, 3.8) is 0 Å². The fraction of sp³-hybridized carbons (Fsp3) is 0.417. The van der Waals surface area contributed by atoms with Crippen LogP contribution >= 0.6 is 0 Å². The van der Waals surface area contributed by atoms with Crippen LogP contribution in [0, 0.1) is 0 Å². The third-order valence-electron chi connectivity index (χ3n) is 3.37. The summed E-state index contributed by atoms with van der Waals surface area (Å²) in [6, 6.07) is 4.92. The Hall–Kier alpha value is -1.79. The molecule has 0 amide bonds. The van der Waals surface area contributed by atoms with E-state index < -0.39 is 5.60 Å². The van der Waals surface area contributed by atoms with Crippen LogP contribution in [0.25, 0.3) is 11.0 Å². The van der Waals surface area contributed by atoms with E-state index in [1.807, 2.05) is 0 Å². The zero-order chi connectivity index (χ0) is 12.6. The van der Waals surface area contributed by atoms with Gasteiger partial charge >= 0.3 is 0 Å². The van der Waals surface area contributed by atoms with Crippen LogP contribution in [0.5, 0.6) is 0 Å². The zero-order valence-electron chi connectivity index (χ0n) is 9.72. The lowest BCUT2D eigenvalue weighted by Gasteiger charge is -2.31. The number of nitrogens with one attached hydrogen (secondary N) is 1. The summed E-state index contributed by atoms with van der Waals surface area (Å²) in [7, 11) is 0. The van der Waals surface area contributed by atoms with E-state index in [0.29, 0.717) is 42.5 Å². The number of carbonyl (C=O) groups is 1. The summed E-state index contributed by atoms with van der Waals surface area (Å²) in [6.07, 6.45) is 0.863. The van der Waals surface area contributed by atoms with E-state index in [2.05, 4.69) is 20.3 Å². The molecule has 1 aromatic carbocycles. The molecular formula is C12H13N3O3. The van der Waals surface area contributed by atoms with Gasteiger partial charge in [-0.05, 0) is 54.4 Å². The third-order valence-corrected chi connectivity index (χ3v) is 3.37. The highest BCUT2D eigenvalue weighted by atomic mass is 16.6. The van der Waals surface area contributed by atoms with Gasteiger partial charge in [-0.1, -0.05) is 0 Å². The predicted molar refractivity (Wildman–Crippen MR) is 63.2 cm³/mol. The molecule has 0 unspecified atom stereocenters. The number of hydrogen-bond donors (Lipinski definition) is 2. The molecule has 0 radical (unpaired) electrons. The molecule has 1 aromatic heterocycles. The lowest BCUT2D eigenvalue weighted by molar-refractivity contribution is 0.0155. The number of carbonyl (C=O) groups excluding carboxylic acids is 1. The van der Waals surface area contributed by atoms with Gasteiger partial charge in [-0.25, -0.2) is 4.63 Å². The number of aliphatic hydroxyl groups is 1. The maximum Gasteiger partial charge on any atom is 0.194 e. The molecule has 2 aromatic rings. The van der Waals surface area contributed by atoms with Crippen LogP contribution in [0.3, 0.4) is 0 Å². The molecular weight excluding hydrogens is 234 g/mol. The van der Waals surface area contributed by atoms with Crippen LogP contribution in [0.2, 0.25) is 0 Å². The predicted octanol–water partition coefficient (Wildman–Crippen LogP) is 0.520. The van der Waals surface area contributed by atoms with E-state index in [4.69, 9.17) is 0 Å². The fourth-order valence-corrected chi connectivity index (χ4v) is 2.26. The minimum atomic E-state index is -1.27. The number of Topliss-reactive ketones (excluding diaryl/α,β-unsaturated/α-hetero) is 1. The first-order chi connectivity index (χ1) is 8.69. The number of fused-ring (bicyclic) bond motifs is 1. The van der Waals surface area contributed by atoms with E-state index in [1.54, 1.807) is 18.2 Å². The standard InChI is InChI=1S/C12H13N3O3/c16-11(12(17)3-5-13-6-4-12)8-1-2-9-10(7-8)15-18-14-9/h1-2,7,13,17H,3-6H2. The van der Waals surface area contributed by atoms with Gasteiger partial charge in [0.15, 0.2) is 5.78 Å². The lowest BCUT2D eigenvalue weighted by atomic mass is 9.85. The monoisotopic (exact) mass is 247 g/mol. The van der Waals surface area contributed by atoms with Crippen molar-refractivity contribution in [3.8, 4) is 0 Å². The second-order valence-electron chi connectivity index (χ2n) is 4.58. The number of hydrogen-bond acceptors (Lipinski definition) is 6. The number of ketones is 1. The number of rotatable bonds is 2. The van der Waals surface area contributed by atoms with Crippen LogP contribution in [0.15, 0.2) is 22.8 Å². The number of piperidine rings is 1. The second kappa shape index (κ2) is 4.15. The van der Waals surface area contributed by atoms with E-state index in [-0.39, 0.29) is 5.78 Å². The van der Waals surface area contributed by atoms with Gasteiger partial charge in [0.1, 0.15) is 16.6 Å². The maximum absolute atomic E-state index is 12.3. The molecule has 0 atom stereocenters. The Morgan fingerprint density at radius 1 is 1.28 bits per heavy atom. The van der Waals surface area contributed by atoms with Gasteiger partial charge in [0, 0.05) is 5.56 Å². The van der Waals surface area contributed by atoms with Gasteiger partial charge in [0.05, 0.1) is 0 Å². The molecule has 1 aliphatic heterocycles. The highest BCUT2D eigenvalue weighted by Gasteiger charge is 2.37. The van der Waals surface area contributed by atoms with Gasteiger partial charge in [0.2, 0.25) is 0 Å². The van der Waals surface area contributed by atoms with E-state index in [0.717, 1.165) is 0 Å². The topological polar surface area (TPSA) is 88.2 Å². The van der Waals surface area contributed by atoms with Gasteiger partial charge in [-0.2, -0.15) is 0 Å². The summed E-state index contributed by atoms with van der Waals surface area (Å²) >= 11 is 0. The number of benzene rings is 1. The lowest BCUT2D eigenvalue weighted by Crippen LogP contribution is -2.47. The third kappa shape index (κ3) is 1.79. The summed E-state index contributed by atoms with van der Waals surface area (Å²) in [5.41, 5.74) is 0.306. The minimum Gasteiger partial charge on any atom is -0.382 e. The molecule has 1 fully saturated rings. The van der Waals surface area contributed by atoms with Crippen molar-refractivity contribution in [3.05, 3.63) is 23.8 Å². The Morgan fingerprint density at radius 3 is 2.78 bits per heavy atom. The zero-order valence-corrected chi connectivity index (χ0v) is 9.72. The van der Waals surface area contributed by atoms with E-state index in [1.165, 1.54) is 0 Å². The molecule has 1 aliphatic rings. The second-order valence-corrected chi connectivity index (χ2v) is 4.58. The summed E-state index contributed by atoms with van der Waals surface area (Å²) in [4.78, 5) is 12.3. The molecule has 2 N–H and O–H groups in total. The highest BCUT2D eigenvalue weighted by Crippen LogP contribution is 2.24. The number of aromatic nitrogens is 2. The van der Waals surface area contributed by atoms with Crippen molar-refractivity contribution in [2.24, 2.45) is 0 Å². The van der Waals surface area contributed by atoms with Crippen molar-refractivity contribution in [1.82, 2.24) is 15.6 Å². The van der Waals surface area contributed by atoms with Crippen molar-refractivity contribution >= 4 is 16.8 Å². The molecule has 2 heterocycles. The molecule has 0 bridgehead atoms. The Morgan fingerprint density at radius 2 is 2.00 bits per heavy atom. The summed E-state index contributed by atoms with van der Waals surface area (Å²) in [6.45, 7) is 1.30. The fourth-order valence-electron chi connectivity index (χ4n) is 2.26. The first kappa shape index (κ1) is 11.3. The Labute approximate surface area is 103 Å². The maximum atomic E-state index is 12.3. The van der Waals surface area contributed by atoms with Crippen LogP contribution in [0.4, 0.5) is 0 Å². The van der Waals surface area contributed by atoms with Crippen molar-refractivity contribution in [2.45, 2.75) is 18.4 Å². The van der Waals surface area contributed by atoms with Gasteiger partial charge in [-0.15, -0.1) is 0 Å². The summed E-state index contributed by atoms with van der Waals surface area (Å²) in [5.74, 6) is -0.256. The van der Waals surface area contributed by atoms with Crippen molar-refractivity contribution in [2.75, 3.05) is 13.1 Å². The minimum absolute atomic E-state index is 0.256. The van der Waals surface area contributed by atoms with Crippen LogP contribution in [-0.2, 0) is 0 Å². The molecule has 1 saturated heterocycles. The highest BCUT2D eigenvalue weighted by molar-refractivity contribution is 6.04. The SMILES string of the molecule is O=C(c1ccc2nonc2c1)C1(O)CCNCC1.